The number of hydrogen-bond acceptors (Lipinski definition) is 5. The molecule has 1 heterocycles. The summed E-state index contributed by atoms with van der Waals surface area (Å²) in [7, 11) is -5.92. The van der Waals surface area contributed by atoms with Gasteiger partial charge in [0.25, 0.3) is 0 Å². The molecule has 1 aliphatic heterocycles. The first-order chi connectivity index (χ1) is 20.6. The Balaban J connectivity index is 2.25. The lowest BCUT2D eigenvalue weighted by Gasteiger charge is -2.36. The van der Waals surface area contributed by atoms with E-state index in [1.807, 2.05) is 0 Å². The lowest BCUT2D eigenvalue weighted by atomic mass is 10.2. The Hall–Kier alpha value is -1.64. The molecule has 1 aromatic rings. The topological polar surface area (TPSA) is 81.8 Å². The zero-order valence-electron chi connectivity index (χ0n) is 33.1. The van der Waals surface area contributed by atoms with Gasteiger partial charge in [0, 0.05) is 68.8 Å². The fourth-order valence-electron chi connectivity index (χ4n) is 2.22. The van der Waals surface area contributed by atoms with Crippen LogP contribution in [0.2, 0.25) is 2.82 Å². The molecule has 0 spiro atoms. The molecule has 0 aliphatic carbocycles. The van der Waals surface area contributed by atoms with Crippen LogP contribution in [-0.4, -0.2) is 64.1 Å². The van der Waals surface area contributed by atoms with Gasteiger partial charge in [-0.25, -0.2) is 13.1 Å². The quantitative estimate of drug-likeness (QED) is 0.597. The molecule has 0 saturated carbocycles. The summed E-state index contributed by atoms with van der Waals surface area (Å²) in [6.45, 7) is -14.0. The highest BCUT2D eigenvalue weighted by atomic mass is 32.2. The van der Waals surface area contributed by atoms with Gasteiger partial charge in [0.15, 0.2) is 1.41 Å². The molecule has 0 aromatic heterocycles. The Morgan fingerprint density at radius 2 is 2.18 bits per heavy atom. The van der Waals surface area contributed by atoms with Gasteiger partial charge >= 0.3 is 0 Å². The van der Waals surface area contributed by atoms with Gasteiger partial charge in [0.1, 0.15) is 1.41 Å². The van der Waals surface area contributed by atoms with Crippen molar-refractivity contribution in [1.82, 2.24) is 9.62 Å². The van der Waals surface area contributed by atoms with Crippen LogP contribution in [-0.2, 0) is 14.8 Å². The van der Waals surface area contributed by atoms with Crippen LogP contribution in [0.4, 0.5) is 11.4 Å². The van der Waals surface area contributed by atoms with E-state index in [1.165, 1.54) is 4.90 Å². The Morgan fingerprint density at radius 1 is 1.43 bits per heavy atom. The summed E-state index contributed by atoms with van der Waals surface area (Å²) in [5, 5.41) is 0.314. The second-order valence-corrected chi connectivity index (χ2v) is 6.97. The van der Waals surface area contributed by atoms with Gasteiger partial charge in [-0.05, 0) is 43.4 Å². The fourth-order valence-corrected chi connectivity index (χ4v) is 2.83. The number of nitrogens with zero attached hydrogens (tertiary/aromatic N) is 2. The van der Waals surface area contributed by atoms with Crippen LogP contribution in [0.25, 0.3) is 0 Å². The highest BCUT2D eigenvalue weighted by Crippen LogP contribution is 2.21. The lowest BCUT2D eigenvalue weighted by Crippen LogP contribution is -2.46. The van der Waals surface area contributed by atoms with Crippen molar-refractivity contribution in [3.05, 3.63) is 24.2 Å². The minimum Gasteiger partial charge on any atom is -0.369 e. The molecule has 28 heavy (non-hydrogen) atoms. The van der Waals surface area contributed by atoms with E-state index in [4.69, 9.17) is 24.8 Å². The van der Waals surface area contributed by atoms with Crippen molar-refractivity contribution in [3.63, 3.8) is 0 Å². The van der Waals surface area contributed by atoms with Crippen molar-refractivity contribution >= 4 is 27.3 Å². The largest absolute Gasteiger partial charge is 0.369 e. The molecule has 158 valence electrons. The molecule has 0 radical (unpaired) electrons. The van der Waals surface area contributed by atoms with Crippen molar-refractivity contribution in [1.29, 1.82) is 0 Å². The molecule has 4 atom stereocenters. The van der Waals surface area contributed by atoms with E-state index in [0.717, 1.165) is 17.9 Å². The number of rotatable bonds is 10. The first-order valence-corrected chi connectivity index (χ1v) is 9.66. The van der Waals surface area contributed by atoms with E-state index in [9.17, 15) is 13.2 Å². The Labute approximate surface area is 194 Å². The minimum absolute atomic E-state index is 0.157. The van der Waals surface area contributed by atoms with Crippen LogP contribution in [0.5, 0.6) is 0 Å². The maximum atomic E-state index is 13.0. The molecule has 2 rings (SSSR count). The number of nitrogens with one attached hydrogen (secondary N) is 2. The number of benzene rings is 1. The Bertz CT molecular complexity index is 1370. The molecule has 1 aromatic carbocycles. The highest BCUT2D eigenvalue weighted by Gasteiger charge is 2.17. The van der Waals surface area contributed by atoms with Gasteiger partial charge in [0.05, 0.1) is 9.82 Å². The molecule has 8 heteroatoms. The minimum atomic E-state index is -5.92. The van der Waals surface area contributed by atoms with Gasteiger partial charge in [-0.2, -0.15) is 0 Å². The van der Waals surface area contributed by atoms with Crippen LogP contribution in [0.3, 0.4) is 0 Å². The van der Waals surface area contributed by atoms with E-state index in [2.05, 4.69) is 0 Å². The fraction of sp³-hybridized carbons (Fsp3) is 0.650. The molecule has 1 saturated heterocycles. The molecule has 7 nitrogen and oxygen atoms in total. The monoisotopic (exact) mass is 428 g/mol. The molecular formula is C20H34N4O3S. The standard InChI is InChI=1S/C20H34N4O3S/c1-17(2)16-28(26,27)21-9-4-5-10-23-11-13-24(14-12-23)20-8-6-7-19(15-20)22-18(3)25/h6-8,15,17,21H,4-5,9-14,16H2,1-3H3,(H,22,25)/i1D3,2D3,7D,8D,9D,10D,11D,12D,15D,16D2,17D/hD2. The van der Waals surface area contributed by atoms with Crippen molar-refractivity contribution in [3.8, 4) is 0 Å². The molecule has 1 aliphatic rings. The molecule has 2 N–H and O–H groups in total. The predicted octanol–water partition coefficient (Wildman–Crippen LogP) is 2.12. The van der Waals surface area contributed by atoms with Gasteiger partial charge < -0.3 is 10.2 Å². The SMILES string of the molecule is [2H]c1cc([2H])c(N([2H])C(C)=O)c([2H])c1N1CC([2H])N(C([2H])CCC([2H])N([2H])S(=O)(=O)C([2H])([2H])C([2H])(C([2H])([2H])[2H])C([2H])([2H])[2H])C([2H])C1. The van der Waals surface area contributed by atoms with Crippen LogP contribution in [0, 0.1) is 5.89 Å². The summed E-state index contributed by atoms with van der Waals surface area (Å²) in [5.74, 6) is -5.05. The summed E-state index contributed by atoms with van der Waals surface area (Å²) in [4.78, 5) is 14.0. The number of sulfonamides is 1. The lowest BCUT2D eigenvalue weighted by molar-refractivity contribution is -0.114. The van der Waals surface area contributed by atoms with Crippen molar-refractivity contribution in [2.75, 3.05) is 55.1 Å². The summed E-state index contributed by atoms with van der Waals surface area (Å²) >= 11 is 0. The third-order valence-electron chi connectivity index (χ3n) is 3.35. The molecule has 0 bridgehead atoms. The van der Waals surface area contributed by atoms with Crippen molar-refractivity contribution < 1.29 is 38.0 Å². The van der Waals surface area contributed by atoms with E-state index >= 15 is 0 Å². The molecule has 4 unspecified atom stereocenters. The maximum Gasteiger partial charge on any atom is 0.221 e. The smallest absolute Gasteiger partial charge is 0.221 e. The summed E-state index contributed by atoms with van der Waals surface area (Å²) in [6, 6.07) is -0.301. The predicted molar refractivity (Wildman–Crippen MR) is 115 cm³/mol. The van der Waals surface area contributed by atoms with Crippen molar-refractivity contribution in [2.24, 2.45) is 5.89 Å². The number of anilines is 2. The highest BCUT2D eigenvalue weighted by molar-refractivity contribution is 7.89. The molecular weight excluding hydrogens is 376 g/mol. The van der Waals surface area contributed by atoms with Gasteiger partial charge in [0.2, 0.25) is 15.9 Å². The summed E-state index contributed by atoms with van der Waals surface area (Å²) in [5.41, 5.74) is -4.97. The van der Waals surface area contributed by atoms with Crippen LogP contribution in [0.15, 0.2) is 24.2 Å². The van der Waals surface area contributed by atoms with E-state index in [-0.39, 0.29) is 24.8 Å². The summed E-state index contributed by atoms with van der Waals surface area (Å²) < 4.78 is 167. The van der Waals surface area contributed by atoms with Gasteiger partial charge in [-0.1, -0.05) is 19.8 Å². The van der Waals surface area contributed by atoms with Crippen LogP contribution >= 0.6 is 0 Å². The van der Waals surface area contributed by atoms with Gasteiger partial charge in [-0.15, -0.1) is 0 Å². The first kappa shape index (κ1) is 8.24. The van der Waals surface area contributed by atoms with E-state index in [1.54, 1.807) is 0 Å². The average Bonchev–Trinajstić information content (AvgIpc) is 2.88. The van der Waals surface area contributed by atoms with Crippen LogP contribution in [0.1, 0.15) is 55.4 Å². The van der Waals surface area contributed by atoms with E-state index < -0.39 is 103 Å². The third kappa shape index (κ3) is 8.16. The zero-order chi connectivity index (χ0) is 36.1. The maximum absolute atomic E-state index is 13.0. The van der Waals surface area contributed by atoms with Gasteiger partial charge in [-0.3, -0.25) is 9.69 Å². The number of carbonyl (C=O) groups excluding carboxylic acids is 1. The second kappa shape index (κ2) is 10.8. The number of carbonyl (C=O) groups is 1. The Morgan fingerprint density at radius 3 is 2.86 bits per heavy atom. The molecule has 1 amide bonds. The number of hydrogen-bond donors (Lipinski definition) is 2. The van der Waals surface area contributed by atoms with E-state index in [0.29, 0.717) is 5.31 Å². The summed E-state index contributed by atoms with van der Waals surface area (Å²) in [6.07, 6.45) is -1.17. The van der Waals surface area contributed by atoms with Crippen molar-refractivity contribution in [2.45, 2.75) is 33.5 Å². The third-order valence-corrected chi connectivity index (χ3v) is 4.23. The average molecular weight is 429 g/mol. The van der Waals surface area contributed by atoms with Crippen LogP contribution < -0.4 is 14.9 Å². The number of amides is 1. The number of piperazine rings is 1. The normalized spacial score (nSPS) is 34.6. The first-order valence-electron chi connectivity index (χ1n) is 17.4. The zero-order valence-corrected chi connectivity index (χ0v) is 16.0. The Kier molecular flexibility index (Phi) is 3.17. The molecule has 1 fully saturated rings. The second-order valence-electron chi connectivity index (χ2n) is 5.60.